The van der Waals surface area contributed by atoms with Crippen LogP contribution in [0.4, 0.5) is 4.39 Å². The lowest BCUT2D eigenvalue weighted by Crippen LogP contribution is -2.29. The molecule has 0 radical (unpaired) electrons. The molecule has 136 valence electrons. The lowest BCUT2D eigenvalue weighted by molar-refractivity contribution is -0.122. The number of hydrogen-bond acceptors (Lipinski definition) is 5. The van der Waals surface area contributed by atoms with Crippen molar-refractivity contribution in [2.24, 2.45) is 0 Å². The first-order chi connectivity index (χ1) is 12.5. The van der Waals surface area contributed by atoms with Gasteiger partial charge in [-0.25, -0.2) is 4.39 Å². The second kappa shape index (κ2) is 7.69. The zero-order valence-electron chi connectivity index (χ0n) is 14.7. The van der Waals surface area contributed by atoms with Crippen LogP contribution in [-0.4, -0.2) is 36.7 Å². The normalized spacial score (nSPS) is 10.9. The Hall–Kier alpha value is -2.68. The zero-order valence-corrected chi connectivity index (χ0v) is 15.5. The molecule has 1 amide bonds. The molecule has 0 saturated carbocycles. The summed E-state index contributed by atoms with van der Waals surface area (Å²) in [5.41, 5.74) is 2.54. The van der Waals surface area contributed by atoms with Crippen molar-refractivity contribution in [3.63, 3.8) is 0 Å². The van der Waals surface area contributed by atoms with Crippen LogP contribution in [0.25, 0.3) is 5.69 Å². The van der Waals surface area contributed by atoms with Crippen molar-refractivity contribution >= 4 is 17.7 Å². The fraction of sp³-hybridized carbons (Fsp3) is 0.294. The van der Waals surface area contributed by atoms with Crippen molar-refractivity contribution in [2.45, 2.75) is 32.1 Å². The van der Waals surface area contributed by atoms with Gasteiger partial charge in [0.25, 0.3) is 0 Å². The summed E-state index contributed by atoms with van der Waals surface area (Å²) in [6.07, 6.45) is 1.88. The minimum atomic E-state index is -0.313. The maximum atomic E-state index is 13.2. The van der Waals surface area contributed by atoms with Crippen molar-refractivity contribution in [3.05, 3.63) is 53.4 Å². The van der Waals surface area contributed by atoms with Crippen LogP contribution in [0.1, 0.15) is 17.2 Å². The smallest absolute Gasteiger partial charge is 0.242 e. The molecular formula is C17H19FN6OS. The molecule has 0 saturated heterocycles. The highest BCUT2D eigenvalue weighted by atomic mass is 32.2. The van der Waals surface area contributed by atoms with Crippen LogP contribution in [0.3, 0.4) is 0 Å². The summed E-state index contributed by atoms with van der Waals surface area (Å²) < 4.78 is 16.7. The zero-order chi connectivity index (χ0) is 18.7. The van der Waals surface area contributed by atoms with Gasteiger partial charge in [-0.1, -0.05) is 11.8 Å². The number of benzene rings is 1. The van der Waals surface area contributed by atoms with E-state index >= 15 is 0 Å². The molecule has 1 aromatic carbocycles. The molecule has 2 heterocycles. The molecule has 3 rings (SSSR count). The van der Waals surface area contributed by atoms with Crippen LogP contribution in [0.2, 0.25) is 0 Å². The van der Waals surface area contributed by atoms with Crippen LogP contribution >= 0.6 is 11.8 Å². The Morgan fingerprint density at radius 1 is 1.23 bits per heavy atom. The highest BCUT2D eigenvalue weighted by molar-refractivity contribution is 7.98. The summed E-state index contributed by atoms with van der Waals surface area (Å²) in [4.78, 5) is 12.2. The number of nitrogens with zero attached hydrogens (tertiary/aromatic N) is 5. The maximum absolute atomic E-state index is 13.2. The van der Waals surface area contributed by atoms with Crippen molar-refractivity contribution in [3.8, 4) is 5.69 Å². The van der Waals surface area contributed by atoms with Crippen LogP contribution in [0.15, 0.2) is 35.5 Å². The van der Waals surface area contributed by atoms with Gasteiger partial charge in [0.2, 0.25) is 5.91 Å². The van der Waals surface area contributed by atoms with E-state index in [1.165, 1.54) is 23.9 Å². The maximum Gasteiger partial charge on any atom is 0.242 e. The average molecular weight is 374 g/mol. The van der Waals surface area contributed by atoms with Gasteiger partial charge in [0.05, 0.1) is 12.2 Å². The SMILES string of the molecule is CSc1nnc(CNC(=O)Cn2nc(C)cc2C)n1-c1ccc(F)cc1. The van der Waals surface area contributed by atoms with E-state index in [0.29, 0.717) is 11.0 Å². The summed E-state index contributed by atoms with van der Waals surface area (Å²) in [6.45, 7) is 4.14. The molecule has 0 fully saturated rings. The number of aromatic nitrogens is 5. The molecule has 7 nitrogen and oxygen atoms in total. The Bertz CT molecular complexity index is 918. The van der Waals surface area contributed by atoms with E-state index in [1.807, 2.05) is 26.2 Å². The Kier molecular flexibility index (Phi) is 5.36. The molecule has 1 N–H and O–H groups in total. The summed E-state index contributed by atoms with van der Waals surface area (Å²) in [6, 6.07) is 7.98. The van der Waals surface area contributed by atoms with Crippen molar-refractivity contribution in [1.82, 2.24) is 29.9 Å². The van der Waals surface area contributed by atoms with E-state index in [1.54, 1.807) is 21.4 Å². The molecule has 9 heteroatoms. The van der Waals surface area contributed by atoms with E-state index in [4.69, 9.17) is 0 Å². The number of halogens is 1. The van der Waals surface area contributed by atoms with Crippen LogP contribution in [-0.2, 0) is 17.9 Å². The second-order valence-corrected chi connectivity index (χ2v) is 6.55. The third-order valence-electron chi connectivity index (χ3n) is 3.81. The van der Waals surface area contributed by atoms with Crippen molar-refractivity contribution < 1.29 is 9.18 Å². The number of carbonyl (C=O) groups excluding carboxylic acids is 1. The fourth-order valence-electron chi connectivity index (χ4n) is 2.60. The van der Waals surface area contributed by atoms with E-state index in [9.17, 15) is 9.18 Å². The Labute approximate surface area is 154 Å². The molecule has 0 unspecified atom stereocenters. The van der Waals surface area contributed by atoms with Crippen LogP contribution in [0, 0.1) is 19.7 Å². The molecule has 0 atom stereocenters. The Balaban J connectivity index is 1.74. The first-order valence-electron chi connectivity index (χ1n) is 8.00. The quantitative estimate of drug-likeness (QED) is 0.670. The number of hydrogen-bond donors (Lipinski definition) is 1. The highest BCUT2D eigenvalue weighted by Crippen LogP contribution is 2.20. The van der Waals surface area contributed by atoms with E-state index < -0.39 is 0 Å². The third kappa shape index (κ3) is 3.93. The summed E-state index contributed by atoms with van der Waals surface area (Å²) >= 11 is 1.43. The van der Waals surface area contributed by atoms with Gasteiger partial charge in [-0.3, -0.25) is 14.0 Å². The molecule has 2 aromatic heterocycles. The van der Waals surface area contributed by atoms with Gasteiger partial charge in [0.15, 0.2) is 11.0 Å². The summed E-state index contributed by atoms with van der Waals surface area (Å²) in [5.74, 6) is 0.0884. The van der Waals surface area contributed by atoms with Gasteiger partial charge >= 0.3 is 0 Å². The lowest BCUT2D eigenvalue weighted by Gasteiger charge is -2.10. The summed E-state index contributed by atoms with van der Waals surface area (Å²) in [5, 5.41) is 16.1. The van der Waals surface area contributed by atoms with E-state index in [2.05, 4.69) is 20.6 Å². The Morgan fingerprint density at radius 3 is 2.58 bits per heavy atom. The van der Waals surface area contributed by atoms with Gasteiger partial charge in [-0.05, 0) is 50.4 Å². The molecule has 26 heavy (non-hydrogen) atoms. The number of amides is 1. The predicted molar refractivity (Wildman–Crippen MR) is 96.6 cm³/mol. The molecule has 0 spiro atoms. The van der Waals surface area contributed by atoms with Crippen LogP contribution in [0.5, 0.6) is 0 Å². The molecule has 3 aromatic rings. The topological polar surface area (TPSA) is 77.6 Å². The molecule has 0 aliphatic rings. The fourth-order valence-corrected chi connectivity index (χ4v) is 3.12. The van der Waals surface area contributed by atoms with E-state index in [0.717, 1.165) is 17.1 Å². The number of nitrogens with one attached hydrogen (secondary N) is 1. The van der Waals surface area contributed by atoms with E-state index in [-0.39, 0.29) is 24.8 Å². The Morgan fingerprint density at radius 2 is 1.96 bits per heavy atom. The van der Waals surface area contributed by atoms with Gasteiger partial charge in [0.1, 0.15) is 12.4 Å². The minimum Gasteiger partial charge on any atom is -0.347 e. The predicted octanol–water partition coefficient (Wildman–Crippen LogP) is 2.26. The standard InChI is InChI=1S/C17H19FN6OS/c1-11-8-12(2)23(22-11)10-16(25)19-9-15-20-21-17(26-3)24(15)14-6-4-13(18)5-7-14/h4-8H,9-10H2,1-3H3,(H,19,25). The van der Waals surface area contributed by atoms with Gasteiger partial charge in [-0.15, -0.1) is 10.2 Å². The first-order valence-corrected chi connectivity index (χ1v) is 9.22. The monoisotopic (exact) mass is 374 g/mol. The number of aryl methyl sites for hydroxylation is 2. The molecular weight excluding hydrogens is 355 g/mol. The lowest BCUT2D eigenvalue weighted by atomic mass is 10.3. The molecule has 0 bridgehead atoms. The highest BCUT2D eigenvalue weighted by Gasteiger charge is 2.15. The summed E-state index contributed by atoms with van der Waals surface area (Å²) in [7, 11) is 0. The van der Waals surface area contributed by atoms with Gasteiger partial charge in [-0.2, -0.15) is 5.10 Å². The van der Waals surface area contributed by atoms with Crippen LogP contribution < -0.4 is 5.32 Å². The van der Waals surface area contributed by atoms with Gasteiger partial charge < -0.3 is 5.32 Å². The largest absolute Gasteiger partial charge is 0.347 e. The number of thioether (sulfide) groups is 1. The van der Waals surface area contributed by atoms with Crippen molar-refractivity contribution in [2.75, 3.05) is 6.26 Å². The van der Waals surface area contributed by atoms with Crippen molar-refractivity contribution in [1.29, 1.82) is 0 Å². The van der Waals surface area contributed by atoms with Gasteiger partial charge in [0, 0.05) is 11.4 Å². The third-order valence-corrected chi connectivity index (χ3v) is 4.44. The average Bonchev–Trinajstić information content (AvgIpc) is 3.16. The minimum absolute atomic E-state index is 0.139. The number of rotatable bonds is 6. The molecule has 0 aliphatic heterocycles. The molecule has 0 aliphatic carbocycles. The second-order valence-electron chi connectivity index (χ2n) is 5.78. The first kappa shape index (κ1) is 18.1. The number of carbonyl (C=O) groups is 1.